The molecule has 0 aromatic heterocycles. The molecule has 408 valence electrons. The van der Waals surface area contributed by atoms with Crippen LogP contribution < -0.4 is 21.3 Å². The van der Waals surface area contributed by atoms with Gasteiger partial charge < -0.3 is 68.2 Å². The number of esters is 8. The quantitative estimate of drug-likeness (QED) is 0.0385. The molecule has 4 aromatic carbocycles. The van der Waals surface area contributed by atoms with Crippen molar-refractivity contribution in [2.45, 2.75) is 0 Å². The van der Waals surface area contributed by atoms with Crippen molar-refractivity contribution in [1.29, 1.82) is 0 Å². The summed E-state index contributed by atoms with van der Waals surface area (Å²) < 4.78 is 50.5. The van der Waals surface area contributed by atoms with Crippen LogP contribution in [0.25, 0.3) is 0 Å². The highest BCUT2D eigenvalue weighted by molar-refractivity contribution is 5.96. The predicted molar refractivity (Wildman–Crippen MR) is 257 cm³/mol. The summed E-state index contributed by atoms with van der Waals surface area (Å²) in [5.74, 6) is -10.7. The van der Waals surface area contributed by atoms with Gasteiger partial charge in [-0.15, -0.1) is 0 Å². The van der Waals surface area contributed by atoms with Crippen molar-refractivity contribution in [2.24, 2.45) is 5.41 Å². The molecule has 28 heteroatoms. The van der Waals surface area contributed by atoms with E-state index in [9.17, 15) is 57.5 Å². The average molecular weight is 1080 g/mol. The summed E-state index contributed by atoms with van der Waals surface area (Å²) in [5, 5.41) is 27.4. The van der Waals surface area contributed by atoms with E-state index in [-0.39, 0.29) is 45.0 Å². The number of aliphatic hydroxyl groups is 2. The lowest BCUT2D eigenvalue weighted by Gasteiger charge is -2.31. The first kappa shape index (κ1) is 59.6. The molecule has 0 saturated heterocycles. The Morgan fingerprint density at radius 2 is 0.571 bits per heavy atom. The summed E-state index contributed by atoms with van der Waals surface area (Å²) in [4.78, 5) is 150. The van der Waals surface area contributed by atoms with Crippen LogP contribution in [0.15, 0.2) is 97.1 Å². The zero-order valence-electron chi connectivity index (χ0n) is 40.7. The summed E-state index contributed by atoms with van der Waals surface area (Å²) in [7, 11) is 2.28. The van der Waals surface area contributed by atoms with E-state index in [1.165, 1.54) is 97.1 Å². The normalized spacial score (nSPS) is 10.4. The Balaban J connectivity index is 1.52. The first-order valence-electron chi connectivity index (χ1n) is 22.1. The highest BCUT2D eigenvalue weighted by atomic mass is 16.6. The van der Waals surface area contributed by atoms with Gasteiger partial charge in [0.1, 0.15) is 45.1 Å². The minimum atomic E-state index is -2.12. The second-order valence-corrected chi connectivity index (χ2v) is 15.4. The van der Waals surface area contributed by atoms with Crippen LogP contribution in [-0.4, -0.2) is 162 Å². The molecule has 6 N–H and O–H groups in total. The maximum absolute atomic E-state index is 13.1. The Bertz CT molecular complexity index is 2380. The van der Waals surface area contributed by atoms with E-state index < -0.39 is 143 Å². The van der Waals surface area contributed by atoms with E-state index in [1.54, 1.807) is 0 Å². The molecule has 0 atom stereocenters. The molecule has 0 aliphatic carbocycles. The van der Waals surface area contributed by atoms with E-state index in [1.807, 2.05) is 0 Å². The molecular formula is C49H48N4O24. The summed E-state index contributed by atoms with van der Waals surface area (Å²) >= 11 is 0. The molecule has 0 aliphatic rings. The molecule has 77 heavy (non-hydrogen) atoms. The molecule has 4 rings (SSSR count). The Morgan fingerprint density at radius 1 is 0.351 bits per heavy atom. The lowest BCUT2D eigenvalue weighted by molar-refractivity contribution is -0.174. The molecule has 0 unspecified atom stereocenters. The minimum Gasteiger partial charge on any atom is -0.462 e. The molecule has 28 nitrogen and oxygen atoms in total. The number of amides is 4. The first-order valence-corrected chi connectivity index (χ1v) is 22.1. The maximum atomic E-state index is 13.1. The largest absolute Gasteiger partial charge is 0.462 e. The topological polar surface area (TPSA) is 386 Å². The number of methoxy groups -OCH3 is 2. The third-order valence-corrected chi connectivity index (χ3v) is 9.64. The van der Waals surface area contributed by atoms with Gasteiger partial charge in [-0.2, -0.15) is 0 Å². The fraction of sp³-hybridized carbons (Fsp3) is 0.265. The molecule has 0 aliphatic heterocycles. The number of nitrogens with one attached hydrogen (secondary N) is 4. The Morgan fingerprint density at radius 3 is 0.779 bits per heavy atom. The van der Waals surface area contributed by atoms with E-state index >= 15 is 0 Å². The van der Waals surface area contributed by atoms with E-state index in [0.29, 0.717) is 0 Å². The number of carbonyl (C=O) groups excluding carboxylic acids is 12. The van der Waals surface area contributed by atoms with Gasteiger partial charge in [0.15, 0.2) is 26.4 Å². The summed E-state index contributed by atoms with van der Waals surface area (Å²) in [6.07, 6.45) is -1.58. The number of benzene rings is 4. The molecule has 0 radical (unpaired) electrons. The Labute approximate surface area is 435 Å². The third kappa shape index (κ3) is 20.8. The standard InChI is InChI=1S/C49H48N4O24/c1-68-47(66)52-35-15-7-31(8-16-35)45(64)72-23-41(60)76-27-49(25-74-39(58)21-70-43(62)29-3-11-33(12-4-29)50-37(56)19-54,26-75-40(59)22-71-44(63)30-5-13-34(14-6-30)51-38(57)20-55)28-77-42(61)24-73-46(65)32-9-17-36(18-10-32)53-48(67)69-2/h3-18,54-55H,19-28H2,1-2H3,(H,50,56)(H,51,57)(H,52,66)(H,53,67). The lowest BCUT2D eigenvalue weighted by Crippen LogP contribution is -2.45. The molecule has 0 heterocycles. The molecular weight excluding hydrogens is 1030 g/mol. The number of rotatable bonds is 26. The number of ether oxygens (including phenoxy) is 10. The average Bonchev–Trinajstić information content (AvgIpc) is 3.44. The SMILES string of the molecule is COC(=O)Nc1ccc(C(=O)OCC(=O)OCC(COC(=O)COC(=O)c2ccc(NC(=O)CO)cc2)(COC(=O)COC(=O)c2ccc(NC(=O)CO)cc2)COC(=O)COC(=O)c2ccc(NC(=O)OC)cc2)cc1. The summed E-state index contributed by atoms with van der Waals surface area (Å²) in [6, 6.07) is 20.5. The Kier molecular flexibility index (Phi) is 23.4. The summed E-state index contributed by atoms with van der Waals surface area (Å²) in [6.45, 7) is -9.75. The van der Waals surface area contributed by atoms with Gasteiger partial charge in [0.05, 0.1) is 36.5 Å². The van der Waals surface area contributed by atoms with Crippen molar-refractivity contribution in [3.63, 3.8) is 0 Å². The lowest BCUT2D eigenvalue weighted by atomic mass is 9.92. The number of hydrogen-bond donors (Lipinski definition) is 6. The Hall–Kier alpha value is -9.96. The smallest absolute Gasteiger partial charge is 0.411 e. The van der Waals surface area contributed by atoms with Crippen LogP contribution in [0, 0.1) is 5.41 Å². The van der Waals surface area contributed by atoms with Gasteiger partial charge in [-0.3, -0.25) is 20.2 Å². The fourth-order valence-corrected chi connectivity index (χ4v) is 5.68. The molecule has 0 bridgehead atoms. The first-order chi connectivity index (χ1) is 36.8. The van der Waals surface area contributed by atoms with Gasteiger partial charge >= 0.3 is 59.9 Å². The number of aliphatic hydroxyl groups excluding tert-OH is 2. The predicted octanol–water partition coefficient (Wildman–Crippen LogP) is 1.79. The van der Waals surface area contributed by atoms with Crippen molar-refractivity contribution in [3.05, 3.63) is 119 Å². The van der Waals surface area contributed by atoms with Crippen LogP contribution in [0.5, 0.6) is 0 Å². The summed E-state index contributed by atoms with van der Waals surface area (Å²) in [5.41, 5.74) is -1.52. The molecule has 0 spiro atoms. The van der Waals surface area contributed by atoms with Crippen LogP contribution in [0.1, 0.15) is 41.4 Å². The van der Waals surface area contributed by atoms with Crippen LogP contribution in [0.3, 0.4) is 0 Å². The van der Waals surface area contributed by atoms with Gasteiger partial charge in [-0.25, -0.2) is 47.9 Å². The highest BCUT2D eigenvalue weighted by Gasteiger charge is 2.39. The highest BCUT2D eigenvalue weighted by Crippen LogP contribution is 2.23. The molecule has 0 saturated carbocycles. The van der Waals surface area contributed by atoms with Crippen LogP contribution in [0.2, 0.25) is 0 Å². The van der Waals surface area contributed by atoms with Crippen molar-refractivity contribution in [3.8, 4) is 0 Å². The second kappa shape index (κ2) is 30.3. The van der Waals surface area contributed by atoms with Gasteiger partial charge in [-0.05, 0) is 97.1 Å². The second-order valence-electron chi connectivity index (χ2n) is 15.4. The van der Waals surface area contributed by atoms with E-state index in [0.717, 1.165) is 14.2 Å². The van der Waals surface area contributed by atoms with Gasteiger partial charge in [0, 0.05) is 22.7 Å². The molecule has 0 fully saturated rings. The van der Waals surface area contributed by atoms with Crippen molar-refractivity contribution in [2.75, 3.05) is 102 Å². The maximum Gasteiger partial charge on any atom is 0.411 e. The van der Waals surface area contributed by atoms with Crippen LogP contribution in [-0.2, 0) is 76.1 Å². The number of hydrogen-bond acceptors (Lipinski definition) is 24. The molecule has 4 amide bonds. The van der Waals surface area contributed by atoms with Crippen molar-refractivity contribution >= 4 is 94.5 Å². The zero-order valence-corrected chi connectivity index (χ0v) is 40.7. The zero-order chi connectivity index (χ0) is 56.3. The van der Waals surface area contributed by atoms with Crippen LogP contribution >= 0.6 is 0 Å². The van der Waals surface area contributed by atoms with Crippen molar-refractivity contribution < 1.29 is 115 Å². The van der Waals surface area contributed by atoms with Crippen molar-refractivity contribution in [1.82, 2.24) is 0 Å². The molecule has 4 aromatic rings. The van der Waals surface area contributed by atoms with Gasteiger partial charge in [-0.1, -0.05) is 0 Å². The fourth-order valence-electron chi connectivity index (χ4n) is 5.68. The number of carbonyl (C=O) groups is 12. The monoisotopic (exact) mass is 1080 g/mol. The van der Waals surface area contributed by atoms with E-state index in [4.69, 9.17) is 48.1 Å². The third-order valence-electron chi connectivity index (χ3n) is 9.64. The van der Waals surface area contributed by atoms with Gasteiger partial charge in [0.2, 0.25) is 11.8 Å². The van der Waals surface area contributed by atoms with Gasteiger partial charge in [0.25, 0.3) is 0 Å². The van der Waals surface area contributed by atoms with Crippen LogP contribution in [0.4, 0.5) is 32.3 Å². The number of anilines is 4. The van der Waals surface area contributed by atoms with E-state index in [2.05, 4.69) is 30.7 Å². The minimum absolute atomic E-state index is 0.0740.